The number of nitrogens with one attached hydrogen (secondary N) is 1. The van der Waals surface area contributed by atoms with Crippen molar-refractivity contribution in [3.05, 3.63) is 0 Å². The molecule has 9 heteroatoms. The number of hydrogen-bond acceptors (Lipinski definition) is 1. The minimum atomic E-state index is -2.14. The predicted molar refractivity (Wildman–Crippen MR) is 58.4 cm³/mol. The van der Waals surface area contributed by atoms with Gasteiger partial charge in [0.15, 0.2) is 5.50 Å². The highest BCUT2D eigenvalue weighted by Crippen LogP contribution is 2.34. The predicted octanol–water partition coefficient (Wildman–Crippen LogP) is 3.41. The van der Waals surface area contributed by atoms with Gasteiger partial charge in [0, 0.05) is 0 Å². The van der Waals surface area contributed by atoms with Crippen LogP contribution in [0.5, 0.6) is 0 Å². The van der Waals surface area contributed by atoms with Crippen molar-refractivity contribution in [3.8, 4) is 0 Å². The average Bonchev–Trinajstić information content (AvgIpc) is 1.82. The van der Waals surface area contributed by atoms with E-state index in [1.165, 1.54) is 0 Å². The van der Waals surface area contributed by atoms with Crippen LogP contribution in [0.1, 0.15) is 0 Å². The number of halogens is 7. The van der Waals surface area contributed by atoms with Gasteiger partial charge in [-0.3, -0.25) is 4.79 Å². The zero-order valence-electron chi connectivity index (χ0n) is 5.63. The summed E-state index contributed by atoms with van der Waals surface area (Å²) in [7, 11) is 0. The lowest BCUT2D eigenvalue weighted by Gasteiger charge is -2.21. The molecule has 1 amide bonds. The molecule has 0 aromatic rings. The van der Waals surface area contributed by atoms with E-state index in [0.717, 1.165) is 0 Å². The first kappa shape index (κ1) is 14.5. The van der Waals surface area contributed by atoms with Crippen LogP contribution in [0.3, 0.4) is 0 Å². The van der Waals surface area contributed by atoms with Crippen LogP contribution in [0.15, 0.2) is 0 Å². The highest BCUT2D eigenvalue weighted by atomic mass is 35.6. The van der Waals surface area contributed by atoms with Crippen molar-refractivity contribution in [1.29, 1.82) is 0 Å². The van der Waals surface area contributed by atoms with E-state index in [0.29, 0.717) is 0 Å². The highest BCUT2D eigenvalue weighted by molar-refractivity contribution is 6.76. The number of hydrogen-bond donors (Lipinski definition) is 1. The molecule has 1 N–H and O–H groups in total. The van der Waals surface area contributed by atoms with Crippen LogP contribution in [0.4, 0.5) is 0 Å². The molecule has 0 aromatic carbocycles. The summed E-state index contributed by atoms with van der Waals surface area (Å²) in [4.78, 5) is 11.0. The van der Waals surface area contributed by atoms with Crippen LogP contribution in [0.2, 0.25) is 0 Å². The van der Waals surface area contributed by atoms with Crippen molar-refractivity contribution in [2.75, 3.05) is 0 Å². The van der Waals surface area contributed by atoms with E-state index in [-0.39, 0.29) is 0 Å². The number of rotatable bonds is 1. The van der Waals surface area contributed by atoms with Gasteiger partial charge in [-0.05, 0) is 0 Å². The first-order valence-electron chi connectivity index (χ1n) is 2.63. The van der Waals surface area contributed by atoms with Gasteiger partial charge in [-0.25, -0.2) is 0 Å². The molecule has 0 aliphatic heterocycles. The first-order chi connectivity index (χ1) is 5.55. The Bertz CT molecular complexity index is 194. The van der Waals surface area contributed by atoms with Gasteiger partial charge in [0.25, 0.3) is 9.70 Å². The normalized spacial score (nSPS) is 15.3. The topological polar surface area (TPSA) is 29.1 Å². The minimum Gasteiger partial charge on any atom is -0.332 e. The molecule has 2 nitrogen and oxygen atoms in total. The maximum absolute atomic E-state index is 11.0. The van der Waals surface area contributed by atoms with Crippen molar-refractivity contribution in [2.24, 2.45) is 0 Å². The quantitative estimate of drug-likeness (QED) is 0.580. The van der Waals surface area contributed by atoms with Gasteiger partial charge in [-0.15, -0.1) is 0 Å². The first-order valence-corrected chi connectivity index (χ1v) is 5.34. The molecule has 0 unspecified atom stereocenters. The average molecular weight is 328 g/mol. The molecular formula is C4H2Cl7NO. The number of amides is 1. The second kappa shape index (κ2) is 5.02. The Morgan fingerprint density at radius 1 is 1.08 bits per heavy atom. The van der Waals surface area contributed by atoms with Gasteiger partial charge in [0.1, 0.15) is 0 Å². The summed E-state index contributed by atoms with van der Waals surface area (Å²) in [6.45, 7) is 0. The lowest BCUT2D eigenvalue weighted by atomic mass is 10.6. The highest BCUT2D eigenvalue weighted by Gasteiger charge is 2.38. The molecule has 0 saturated heterocycles. The standard InChI is InChI=1S/C4H2Cl7NO/c5-1(3(6,7)8)12-2(13)4(9,10)11/h1H,(H,12,13)/t1-/m0/s1. The third-order valence-corrected chi connectivity index (χ3v) is 2.74. The molecule has 0 aromatic heterocycles. The van der Waals surface area contributed by atoms with Gasteiger partial charge in [-0.2, -0.15) is 0 Å². The van der Waals surface area contributed by atoms with E-state index in [9.17, 15) is 4.79 Å². The van der Waals surface area contributed by atoms with Crippen LogP contribution >= 0.6 is 81.2 Å². The lowest BCUT2D eigenvalue weighted by molar-refractivity contribution is -0.120. The van der Waals surface area contributed by atoms with Crippen LogP contribution in [-0.2, 0) is 4.79 Å². The van der Waals surface area contributed by atoms with E-state index < -0.39 is 19.0 Å². The lowest BCUT2D eigenvalue weighted by Crippen LogP contribution is -2.44. The van der Waals surface area contributed by atoms with Crippen molar-refractivity contribution in [3.63, 3.8) is 0 Å². The number of carbonyl (C=O) groups is 1. The summed E-state index contributed by atoms with van der Waals surface area (Å²) in [5.74, 6) is -0.969. The molecule has 0 saturated carbocycles. The van der Waals surface area contributed by atoms with Gasteiger partial charge in [-0.1, -0.05) is 81.2 Å². The molecule has 0 rings (SSSR count). The molecule has 1 atom stereocenters. The molecule has 0 spiro atoms. The minimum absolute atomic E-state index is 0.969. The second-order valence-electron chi connectivity index (χ2n) is 1.88. The molecule has 0 aliphatic rings. The molecule has 78 valence electrons. The largest absolute Gasteiger partial charge is 0.332 e. The molecule has 0 bridgehead atoms. The summed E-state index contributed by atoms with van der Waals surface area (Å²) >= 11 is 37.1. The van der Waals surface area contributed by atoms with Crippen LogP contribution < -0.4 is 5.32 Å². The third kappa shape index (κ3) is 5.83. The maximum atomic E-state index is 11.0. The Kier molecular flexibility index (Phi) is 5.60. The fraction of sp³-hybridized carbons (Fsp3) is 0.750. The van der Waals surface area contributed by atoms with Crippen molar-refractivity contribution in [1.82, 2.24) is 5.32 Å². The Morgan fingerprint density at radius 3 is 1.69 bits per heavy atom. The maximum Gasteiger partial charge on any atom is 0.273 e. The molecule has 0 heterocycles. The van der Waals surface area contributed by atoms with Gasteiger partial charge in [0.05, 0.1) is 0 Å². The van der Waals surface area contributed by atoms with Gasteiger partial charge < -0.3 is 5.32 Å². The van der Waals surface area contributed by atoms with E-state index in [2.05, 4.69) is 0 Å². The summed E-state index contributed by atoms with van der Waals surface area (Å²) in [5, 5.41) is 1.99. The van der Waals surface area contributed by atoms with Crippen molar-refractivity contribution in [2.45, 2.75) is 13.1 Å². The van der Waals surface area contributed by atoms with Crippen molar-refractivity contribution >= 4 is 87.1 Å². The summed E-state index contributed by atoms with van der Waals surface area (Å²) in [6.07, 6.45) is 0. The van der Waals surface area contributed by atoms with Crippen LogP contribution in [0.25, 0.3) is 0 Å². The summed E-state index contributed by atoms with van der Waals surface area (Å²) in [6, 6.07) is 0. The van der Waals surface area contributed by atoms with Gasteiger partial charge >= 0.3 is 0 Å². The zero-order chi connectivity index (χ0) is 10.9. The Labute approximate surface area is 110 Å². The monoisotopic (exact) mass is 325 g/mol. The summed E-state index contributed by atoms with van der Waals surface area (Å²) < 4.78 is -4.00. The van der Waals surface area contributed by atoms with E-state index in [1.54, 1.807) is 0 Å². The summed E-state index contributed by atoms with van der Waals surface area (Å²) in [5.41, 5.74) is -1.28. The third-order valence-electron chi connectivity index (χ3n) is 0.803. The molecular weight excluding hydrogens is 326 g/mol. The second-order valence-corrected chi connectivity index (χ2v) is 6.96. The Balaban J connectivity index is 4.24. The molecule has 0 aliphatic carbocycles. The molecule has 0 radical (unpaired) electrons. The Hall–Kier alpha value is 1.50. The Morgan fingerprint density at radius 2 is 1.46 bits per heavy atom. The van der Waals surface area contributed by atoms with Crippen LogP contribution in [0, 0.1) is 0 Å². The van der Waals surface area contributed by atoms with Crippen LogP contribution in [-0.4, -0.2) is 19.0 Å². The van der Waals surface area contributed by atoms with E-state index >= 15 is 0 Å². The number of carbonyl (C=O) groups excluding carboxylic acids is 1. The molecule has 0 fully saturated rings. The molecule has 13 heavy (non-hydrogen) atoms. The van der Waals surface area contributed by atoms with Gasteiger partial charge in [0.2, 0.25) is 3.79 Å². The zero-order valence-corrected chi connectivity index (χ0v) is 10.9. The SMILES string of the molecule is O=C(N[C@H](Cl)C(Cl)(Cl)Cl)C(Cl)(Cl)Cl. The fourth-order valence-corrected chi connectivity index (χ4v) is 0.705. The smallest absolute Gasteiger partial charge is 0.273 e. The van der Waals surface area contributed by atoms with E-state index in [4.69, 9.17) is 81.2 Å². The van der Waals surface area contributed by atoms with E-state index in [1.807, 2.05) is 5.32 Å². The number of alkyl halides is 7. The fourth-order valence-electron chi connectivity index (χ4n) is 0.279. The van der Waals surface area contributed by atoms with Crippen molar-refractivity contribution < 1.29 is 4.79 Å².